The second-order valence-electron chi connectivity index (χ2n) is 6.14. The number of H-pyrrole nitrogens is 1. The SMILES string of the molecule is Nc1nc2ccc(Oc3ccc4nc(Nc5ccc(F)cc5F)[nH]c4c3)nc2s1. The number of nitrogen functional groups attached to an aromatic ring is 1. The third-order valence-electron chi connectivity index (χ3n) is 4.11. The fourth-order valence-electron chi connectivity index (χ4n) is 2.82. The summed E-state index contributed by atoms with van der Waals surface area (Å²) in [5, 5.41) is 3.25. The van der Waals surface area contributed by atoms with Crippen molar-refractivity contribution in [3.05, 3.63) is 60.2 Å². The van der Waals surface area contributed by atoms with Gasteiger partial charge in [-0.3, -0.25) is 0 Å². The van der Waals surface area contributed by atoms with Crippen molar-refractivity contribution in [2.24, 2.45) is 0 Å². The minimum absolute atomic E-state index is 0.114. The summed E-state index contributed by atoms with van der Waals surface area (Å²) in [6.07, 6.45) is 0. The molecule has 0 unspecified atom stereocenters. The lowest BCUT2D eigenvalue weighted by Crippen LogP contribution is -1.95. The molecule has 0 bridgehead atoms. The van der Waals surface area contributed by atoms with Crippen molar-refractivity contribution in [3.63, 3.8) is 0 Å². The summed E-state index contributed by atoms with van der Waals surface area (Å²) in [6.45, 7) is 0. The Morgan fingerprint density at radius 3 is 2.69 bits per heavy atom. The molecule has 0 fully saturated rings. The van der Waals surface area contributed by atoms with Crippen LogP contribution in [0.5, 0.6) is 11.6 Å². The molecule has 0 amide bonds. The first-order chi connectivity index (χ1) is 14.0. The minimum Gasteiger partial charge on any atom is -0.439 e. The van der Waals surface area contributed by atoms with Crippen molar-refractivity contribution in [1.82, 2.24) is 19.9 Å². The van der Waals surface area contributed by atoms with Gasteiger partial charge in [0.1, 0.15) is 27.7 Å². The first kappa shape index (κ1) is 17.3. The number of pyridine rings is 1. The number of nitrogens with one attached hydrogen (secondary N) is 2. The van der Waals surface area contributed by atoms with Crippen LogP contribution in [0.4, 0.5) is 25.5 Å². The fraction of sp³-hybridized carbons (Fsp3) is 0. The van der Waals surface area contributed by atoms with E-state index in [1.165, 1.54) is 23.5 Å². The number of rotatable bonds is 4. The van der Waals surface area contributed by atoms with Crippen LogP contribution in [0.2, 0.25) is 0 Å². The summed E-state index contributed by atoms with van der Waals surface area (Å²) < 4.78 is 32.7. The maximum Gasteiger partial charge on any atom is 0.220 e. The summed E-state index contributed by atoms with van der Waals surface area (Å²) >= 11 is 1.28. The topological polar surface area (TPSA) is 102 Å². The maximum absolute atomic E-state index is 13.8. The number of hydrogen-bond acceptors (Lipinski definition) is 7. The number of anilines is 3. The standard InChI is InChI=1S/C19H12F2N6OS/c20-9-1-3-12(11(21)7-9)24-19-25-13-4-2-10(8-15(13)26-19)28-16-6-5-14-17(27-16)29-18(22)23-14/h1-8H,(H2,22,23)(H2,24,25,26). The number of nitrogens with two attached hydrogens (primary N) is 1. The van der Waals surface area contributed by atoms with Crippen molar-refractivity contribution in [3.8, 4) is 11.6 Å². The van der Waals surface area contributed by atoms with Gasteiger partial charge in [0.2, 0.25) is 11.8 Å². The van der Waals surface area contributed by atoms with E-state index in [4.69, 9.17) is 10.5 Å². The third-order valence-corrected chi connectivity index (χ3v) is 4.90. The van der Waals surface area contributed by atoms with Gasteiger partial charge in [0, 0.05) is 18.2 Å². The molecule has 5 aromatic rings. The quantitative estimate of drug-likeness (QED) is 0.387. The highest BCUT2D eigenvalue weighted by Gasteiger charge is 2.10. The maximum atomic E-state index is 13.8. The Kier molecular flexibility index (Phi) is 3.98. The monoisotopic (exact) mass is 410 g/mol. The van der Waals surface area contributed by atoms with Gasteiger partial charge in [-0.2, -0.15) is 0 Å². The minimum atomic E-state index is -0.709. The van der Waals surface area contributed by atoms with Crippen molar-refractivity contribution < 1.29 is 13.5 Å². The summed E-state index contributed by atoms with van der Waals surface area (Å²) in [5.41, 5.74) is 7.86. The number of thiazole rings is 1. The van der Waals surface area contributed by atoms with E-state index < -0.39 is 11.6 Å². The summed E-state index contributed by atoms with van der Waals surface area (Å²) in [4.78, 5) is 16.6. The Bertz CT molecular complexity index is 1370. The van der Waals surface area contributed by atoms with E-state index in [9.17, 15) is 8.78 Å². The van der Waals surface area contributed by atoms with Crippen molar-refractivity contribution in [2.75, 3.05) is 11.1 Å². The molecule has 0 aliphatic heterocycles. The first-order valence-electron chi connectivity index (χ1n) is 8.46. The lowest BCUT2D eigenvalue weighted by atomic mass is 10.3. The molecule has 0 radical (unpaired) electrons. The van der Waals surface area contributed by atoms with Gasteiger partial charge in [-0.05, 0) is 30.3 Å². The van der Waals surface area contributed by atoms with E-state index >= 15 is 0 Å². The number of halogens is 2. The molecular formula is C19H12F2N6OS. The van der Waals surface area contributed by atoms with Crippen LogP contribution >= 0.6 is 11.3 Å². The van der Waals surface area contributed by atoms with Gasteiger partial charge in [0.15, 0.2) is 5.13 Å². The lowest BCUT2D eigenvalue weighted by Gasteiger charge is -2.04. The number of nitrogens with zero attached hydrogens (tertiary/aromatic N) is 3. The Hall–Kier alpha value is -3.79. The number of benzene rings is 2. The van der Waals surface area contributed by atoms with Crippen LogP contribution < -0.4 is 15.8 Å². The Morgan fingerprint density at radius 1 is 0.966 bits per heavy atom. The molecule has 5 rings (SSSR count). The first-order valence-corrected chi connectivity index (χ1v) is 9.28. The van der Waals surface area contributed by atoms with Gasteiger partial charge >= 0.3 is 0 Å². The van der Waals surface area contributed by atoms with Crippen LogP contribution in [-0.4, -0.2) is 19.9 Å². The molecular weight excluding hydrogens is 398 g/mol. The van der Waals surface area contributed by atoms with Crippen LogP contribution in [0.25, 0.3) is 21.4 Å². The van der Waals surface area contributed by atoms with E-state index in [0.717, 1.165) is 6.07 Å². The molecule has 2 aromatic carbocycles. The van der Waals surface area contributed by atoms with Crippen LogP contribution in [0.3, 0.4) is 0 Å². The second-order valence-corrected chi connectivity index (χ2v) is 7.15. The zero-order chi connectivity index (χ0) is 20.0. The highest BCUT2D eigenvalue weighted by Crippen LogP contribution is 2.29. The number of fused-ring (bicyclic) bond motifs is 2. The van der Waals surface area contributed by atoms with E-state index in [1.807, 2.05) is 0 Å². The van der Waals surface area contributed by atoms with Gasteiger partial charge in [-0.15, -0.1) is 0 Å². The molecule has 0 saturated carbocycles. The van der Waals surface area contributed by atoms with E-state index in [2.05, 4.69) is 25.3 Å². The third kappa shape index (κ3) is 3.41. The Morgan fingerprint density at radius 2 is 1.83 bits per heavy atom. The average Bonchev–Trinajstić information content (AvgIpc) is 3.25. The summed E-state index contributed by atoms with van der Waals surface area (Å²) in [5.74, 6) is -0.0778. The highest BCUT2D eigenvalue weighted by molar-refractivity contribution is 7.21. The average molecular weight is 410 g/mol. The Balaban J connectivity index is 1.40. The second kappa shape index (κ2) is 6.67. The highest BCUT2D eigenvalue weighted by atomic mass is 32.1. The van der Waals surface area contributed by atoms with Gasteiger partial charge in [0.05, 0.1) is 16.7 Å². The predicted molar refractivity (Wildman–Crippen MR) is 108 cm³/mol. The molecule has 0 aliphatic carbocycles. The van der Waals surface area contributed by atoms with Crippen LogP contribution in [-0.2, 0) is 0 Å². The molecule has 29 heavy (non-hydrogen) atoms. The van der Waals surface area contributed by atoms with Gasteiger partial charge in [-0.25, -0.2) is 23.7 Å². The van der Waals surface area contributed by atoms with Gasteiger partial charge in [0.25, 0.3) is 0 Å². The molecule has 3 heterocycles. The molecule has 4 N–H and O–H groups in total. The number of ether oxygens (including phenoxy) is 1. The molecule has 3 aromatic heterocycles. The summed E-state index contributed by atoms with van der Waals surface area (Å²) in [7, 11) is 0. The number of aromatic amines is 1. The van der Waals surface area contributed by atoms with E-state index in [-0.39, 0.29) is 5.69 Å². The number of imidazole rings is 1. The molecule has 7 nitrogen and oxygen atoms in total. The molecule has 0 saturated heterocycles. The van der Waals surface area contributed by atoms with Crippen LogP contribution in [0.1, 0.15) is 0 Å². The summed E-state index contributed by atoms with van der Waals surface area (Å²) in [6, 6.07) is 12.0. The van der Waals surface area contributed by atoms with Gasteiger partial charge < -0.3 is 20.8 Å². The van der Waals surface area contributed by atoms with Gasteiger partial charge in [-0.1, -0.05) is 11.3 Å². The smallest absolute Gasteiger partial charge is 0.220 e. The number of aromatic nitrogens is 4. The molecule has 10 heteroatoms. The zero-order valence-electron chi connectivity index (χ0n) is 14.6. The predicted octanol–water partition coefficient (Wildman–Crippen LogP) is 4.96. The lowest BCUT2D eigenvalue weighted by molar-refractivity contribution is 0.466. The normalized spacial score (nSPS) is 11.2. The van der Waals surface area contributed by atoms with Crippen molar-refractivity contribution in [1.29, 1.82) is 0 Å². The molecule has 0 spiro atoms. The molecule has 144 valence electrons. The zero-order valence-corrected chi connectivity index (χ0v) is 15.4. The number of hydrogen-bond donors (Lipinski definition) is 3. The largest absolute Gasteiger partial charge is 0.439 e. The molecule has 0 aliphatic rings. The Labute approximate surface area is 166 Å². The van der Waals surface area contributed by atoms with Crippen LogP contribution in [0, 0.1) is 11.6 Å². The van der Waals surface area contributed by atoms with E-state index in [1.54, 1.807) is 30.3 Å². The van der Waals surface area contributed by atoms with Crippen molar-refractivity contribution in [2.45, 2.75) is 0 Å². The van der Waals surface area contributed by atoms with E-state index in [0.29, 0.717) is 44.1 Å². The van der Waals surface area contributed by atoms with Crippen LogP contribution in [0.15, 0.2) is 48.5 Å². The molecule has 0 atom stereocenters. The fourth-order valence-corrected chi connectivity index (χ4v) is 3.52. The van der Waals surface area contributed by atoms with Crippen molar-refractivity contribution >= 4 is 49.5 Å².